The summed E-state index contributed by atoms with van der Waals surface area (Å²) in [6, 6.07) is 11.0. The van der Waals surface area contributed by atoms with Crippen molar-refractivity contribution in [1.29, 1.82) is 0 Å². The summed E-state index contributed by atoms with van der Waals surface area (Å²) in [6.45, 7) is 1.30. The van der Waals surface area contributed by atoms with Crippen LogP contribution in [-0.2, 0) is 4.79 Å². The van der Waals surface area contributed by atoms with Gasteiger partial charge in [0.2, 0.25) is 0 Å². The third-order valence-electron chi connectivity index (χ3n) is 4.68. The number of urea groups is 1. The number of hydrogen-bond donors (Lipinski definition) is 3. The van der Waals surface area contributed by atoms with Gasteiger partial charge < -0.3 is 25.4 Å². The van der Waals surface area contributed by atoms with E-state index in [0.717, 1.165) is 41.7 Å². The molecule has 0 saturated carbocycles. The Morgan fingerprint density at radius 1 is 1.17 bits per heavy atom. The van der Waals surface area contributed by atoms with Gasteiger partial charge in [-0.15, -0.1) is 0 Å². The van der Waals surface area contributed by atoms with Crippen LogP contribution in [-0.4, -0.2) is 53.2 Å². The van der Waals surface area contributed by atoms with Gasteiger partial charge in [0.05, 0.1) is 7.11 Å². The van der Waals surface area contributed by atoms with Gasteiger partial charge in [-0.3, -0.25) is 0 Å². The number of pyridine rings is 1. The molecule has 2 heterocycles. The van der Waals surface area contributed by atoms with Crippen LogP contribution < -0.4 is 15.4 Å². The number of benzene rings is 1. The number of anilines is 2. The number of piperidine rings is 1. The average molecular weight is 396 g/mol. The minimum Gasteiger partial charge on any atom is -0.497 e. The zero-order chi connectivity index (χ0) is 20.6. The fourth-order valence-corrected chi connectivity index (χ4v) is 3.07. The Kier molecular flexibility index (Phi) is 6.67. The SMILES string of the molecule is COc1ccc(NC(=O)N2CCC(Nc3ccc(/C=C/C(=O)O)cn3)CC2)cc1. The molecule has 2 aromatic rings. The predicted molar refractivity (Wildman–Crippen MR) is 111 cm³/mol. The number of carbonyl (C=O) groups excluding carboxylic acids is 1. The topological polar surface area (TPSA) is 104 Å². The summed E-state index contributed by atoms with van der Waals surface area (Å²) in [5, 5.41) is 14.9. The van der Waals surface area contributed by atoms with Crippen LogP contribution in [0.5, 0.6) is 5.75 Å². The summed E-state index contributed by atoms with van der Waals surface area (Å²) in [5.41, 5.74) is 1.46. The number of aromatic nitrogens is 1. The lowest BCUT2D eigenvalue weighted by Crippen LogP contribution is -2.44. The molecule has 1 aliphatic rings. The van der Waals surface area contributed by atoms with Crippen LogP contribution in [0.1, 0.15) is 18.4 Å². The number of ether oxygens (including phenoxy) is 1. The fourth-order valence-electron chi connectivity index (χ4n) is 3.07. The molecule has 0 atom stereocenters. The number of methoxy groups -OCH3 is 1. The summed E-state index contributed by atoms with van der Waals surface area (Å²) >= 11 is 0. The molecule has 1 fully saturated rings. The Hall–Kier alpha value is -3.55. The third-order valence-corrected chi connectivity index (χ3v) is 4.68. The van der Waals surface area contributed by atoms with Crippen molar-refractivity contribution >= 4 is 29.6 Å². The van der Waals surface area contributed by atoms with Gasteiger partial charge >= 0.3 is 12.0 Å². The van der Waals surface area contributed by atoms with Crippen molar-refractivity contribution in [2.45, 2.75) is 18.9 Å². The lowest BCUT2D eigenvalue weighted by molar-refractivity contribution is -0.131. The van der Waals surface area contributed by atoms with E-state index in [1.54, 1.807) is 18.2 Å². The maximum Gasteiger partial charge on any atom is 0.328 e. The van der Waals surface area contributed by atoms with Crippen molar-refractivity contribution in [3.8, 4) is 5.75 Å². The van der Waals surface area contributed by atoms with Crippen molar-refractivity contribution in [1.82, 2.24) is 9.88 Å². The molecule has 8 nitrogen and oxygen atoms in total. The minimum absolute atomic E-state index is 0.110. The van der Waals surface area contributed by atoms with Crippen molar-refractivity contribution in [2.75, 3.05) is 30.8 Å². The number of carbonyl (C=O) groups is 2. The lowest BCUT2D eigenvalue weighted by atomic mass is 10.1. The average Bonchev–Trinajstić information content (AvgIpc) is 2.74. The third kappa shape index (κ3) is 5.97. The highest BCUT2D eigenvalue weighted by atomic mass is 16.5. The van der Waals surface area contributed by atoms with E-state index in [-0.39, 0.29) is 12.1 Å². The van der Waals surface area contributed by atoms with Crippen LogP contribution >= 0.6 is 0 Å². The van der Waals surface area contributed by atoms with Crippen LogP contribution in [0.2, 0.25) is 0 Å². The molecule has 0 bridgehead atoms. The molecule has 29 heavy (non-hydrogen) atoms. The zero-order valence-electron chi connectivity index (χ0n) is 16.2. The van der Waals surface area contributed by atoms with E-state index >= 15 is 0 Å². The quantitative estimate of drug-likeness (QED) is 0.648. The lowest BCUT2D eigenvalue weighted by Gasteiger charge is -2.32. The van der Waals surface area contributed by atoms with Gasteiger partial charge in [-0.1, -0.05) is 0 Å². The number of likely N-dealkylation sites (tertiary alicyclic amines) is 1. The summed E-state index contributed by atoms with van der Waals surface area (Å²) in [7, 11) is 1.60. The van der Waals surface area contributed by atoms with E-state index < -0.39 is 5.97 Å². The maximum atomic E-state index is 12.4. The van der Waals surface area contributed by atoms with Gasteiger partial charge in [0, 0.05) is 37.1 Å². The Labute approximate surface area is 169 Å². The molecule has 1 saturated heterocycles. The molecule has 152 valence electrons. The first-order valence-corrected chi connectivity index (χ1v) is 9.37. The number of carboxylic acid groups (broad SMARTS) is 1. The molecule has 1 aromatic heterocycles. The van der Waals surface area contributed by atoms with Crippen molar-refractivity contribution in [2.24, 2.45) is 0 Å². The highest BCUT2D eigenvalue weighted by Gasteiger charge is 2.23. The van der Waals surface area contributed by atoms with E-state index in [0.29, 0.717) is 13.1 Å². The number of rotatable bonds is 6. The molecular weight excluding hydrogens is 372 g/mol. The highest BCUT2D eigenvalue weighted by molar-refractivity contribution is 5.89. The molecule has 1 aromatic carbocycles. The second-order valence-corrected chi connectivity index (χ2v) is 6.71. The Bertz CT molecular complexity index is 857. The van der Waals surface area contributed by atoms with Gasteiger partial charge in [0.25, 0.3) is 0 Å². The number of carboxylic acids is 1. The Balaban J connectivity index is 1.46. The first kappa shape index (κ1) is 20.2. The largest absolute Gasteiger partial charge is 0.497 e. The van der Waals surface area contributed by atoms with E-state index in [4.69, 9.17) is 9.84 Å². The number of hydrogen-bond acceptors (Lipinski definition) is 5. The van der Waals surface area contributed by atoms with E-state index in [9.17, 15) is 9.59 Å². The van der Waals surface area contributed by atoms with Crippen LogP contribution in [0.15, 0.2) is 48.7 Å². The predicted octanol–water partition coefficient (Wildman–Crippen LogP) is 3.30. The molecule has 0 spiro atoms. The van der Waals surface area contributed by atoms with Gasteiger partial charge in [-0.05, 0) is 60.9 Å². The minimum atomic E-state index is -0.991. The number of nitrogens with zero attached hydrogens (tertiary/aromatic N) is 2. The second kappa shape index (κ2) is 9.59. The van der Waals surface area contributed by atoms with Gasteiger partial charge in [-0.25, -0.2) is 14.6 Å². The smallest absolute Gasteiger partial charge is 0.328 e. The molecule has 0 radical (unpaired) electrons. The monoisotopic (exact) mass is 396 g/mol. The van der Waals surface area contributed by atoms with Crippen molar-refractivity contribution < 1.29 is 19.4 Å². The Morgan fingerprint density at radius 2 is 1.90 bits per heavy atom. The van der Waals surface area contributed by atoms with E-state index in [1.165, 1.54) is 6.08 Å². The first-order valence-electron chi connectivity index (χ1n) is 9.37. The summed E-state index contributed by atoms with van der Waals surface area (Å²) in [6.07, 6.45) is 5.84. The molecular formula is C21H24N4O4. The highest BCUT2D eigenvalue weighted by Crippen LogP contribution is 2.19. The molecule has 0 unspecified atom stereocenters. The standard InChI is InChI=1S/C21H24N4O4/c1-29-18-6-4-16(5-7-18)24-21(28)25-12-10-17(11-13-25)23-19-8-2-15(14-22-19)3-9-20(26)27/h2-9,14,17H,10-13H2,1H3,(H,22,23)(H,24,28)(H,26,27)/b9-3+. The molecule has 2 amide bonds. The first-order chi connectivity index (χ1) is 14.0. The maximum absolute atomic E-state index is 12.4. The van der Waals surface area contributed by atoms with Crippen molar-refractivity contribution in [3.05, 3.63) is 54.2 Å². The summed E-state index contributed by atoms with van der Waals surface area (Å²) in [4.78, 5) is 29.1. The van der Waals surface area contributed by atoms with Crippen LogP contribution in [0.3, 0.4) is 0 Å². The van der Waals surface area contributed by atoms with Gasteiger partial charge in [0.15, 0.2) is 0 Å². The second-order valence-electron chi connectivity index (χ2n) is 6.71. The molecule has 3 rings (SSSR count). The van der Waals surface area contributed by atoms with Crippen LogP contribution in [0, 0.1) is 0 Å². The number of aliphatic carboxylic acids is 1. The van der Waals surface area contributed by atoms with Gasteiger partial charge in [-0.2, -0.15) is 0 Å². The molecule has 3 N–H and O–H groups in total. The molecule has 1 aliphatic heterocycles. The fraction of sp³-hybridized carbons (Fsp3) is 0.286. The molecule has 8 heteroatoms. The van der Waals surface area contributed by atoms with Gasteiger partial charge in [0.1, 0.15) is 11.6 Å². The van der Waals surface area contributed by atoms with E-state index in [2.05, 4.69) is 15.6 Å². The number of amides is 2. The number of nitrogens with one attached hydrogen (secondary N) is 2. The van der Waals surface area contributed by atoms with E-state index in [1.807, 2.05) is 36.4 Å². The normalized spacial score (nSPS) is 14.6. The summed E-state index contributed by atoms with van der Waals surface area (Å²) in [5.74, 6) is 0.489. The van der Waals surface area contributed by atoms with Crippen molar-refractivity contribution in [3.63, 3.8) is 0 Å². The zero-order valence-corrected chi connectivity index (χ0v) is 16.2. The Morgan fingerprint density at radius 3 is 2.48 bits per heavy atom. The van der Waals surface area contributed by atoms with Crippen LogP contribution in [0.4, 0.5) is 16.3 Å². The molecule has 0 aliphatic carbocycles. The van der Waals surface area contributed by atoms with Crippen LogP contribution in [0.25, 0.3) is 6.08 Å². The summed E-state index contributed by atoms with van der Waals surface area (Å²) < 4.78 is 5.12.